The molecule has 2 heteroatoms. The van der Waals surface area contributed by atoms with Gasteiger partial charge in [0.1, 0.15) is 0 Å². The summed E-state index contributed by atoms with van der Waals surface area (Å²) in [4.78, 5) is 0. The molecule has 2 aliphatic rings. The van der Waals surface area contributed by atoms with Crippen LogP contribution in [0.25, 0.3) is 0 Å². The van der Waals surface area contributed by atoms with Gasteiger partial charge in [-0.2, -0.15) is 0 Å². The van der Waals surface area contributed by atoms with E-state index in [1.807, 2.05) is 7.11 Å². The fraction of sp³-hybridized carbons (Fsp3) is 0.667. The van der Waals surface area contributed by atoms with Gasteiger partial charge in [-0.05, 0) is 54.6 Å². The average molecular weight is 273 g/mol. The van der Waals surface area contributed by atoms with Crippen molar-refractivity contribution in [2.24, 2.45) is 5.41 Å². The van der Waals surface area contributed by atoms with E-state index in [9.17, 15) is 0 Å². The molecule has 1 aromatic carbocycles. The number of rotatable bonds is 6. The molecule has 0 amide bonds. The van der Waals surface area contributed by atoms with Crippen molar-refractivity contribution in [1.82, 2.24) is 5.32 Å². The third kappa shape index (κ3) is 2.91. The number of methoxy groups -OCH3 is 1. The maximum atomic E-state index is 5.25. The predicted molar refractivity (Wildman–Crippen MR) is 83.0 cm³/mol. The van der Waals surface area contributed by atoms with Crippen molar-refractivity contribution in [3.63, 3.8) is 0 Å². The molecule has 110 valence electrons. The summed E-state index contributed by atoms with van der Waals surface area (Å²) in [7, 11) is 1.81. The lowest BCUT2D eigenvalue weighted by Gasteiger charge is -2.31. The molecule has 2 aliphatic carbocycles. The molecule has 0 aromatic heterocycles. The van der Waals surface area contributed by atoms with E-state index in [1.165, 1.54) is 37.7 Å². The van der Waals surface area contributed by atoms with Crippen molar-refractivity contribution in [2.45, 2.75) is 51.0 Å². The molecule has 1 N–H and O–H groups in total. The highest BCUT2D eigenvalue weighted by Gasteiger charge is 2.42. The zero-order chi connectivity index (χ0) is 14.0. The number of ether oxygens (including phenoxy) is 1. The normalized spacial score (nSPS) is 27.1. The van der Waals surface area contributed by atoms with Gasteiger partial charge in [0.2, 0.25) is 0 Å². The highest BCUT2D eigenvalue weighted by Crippen LogP contribution is 2.49. The molecule has 0 bridgehead atoms. The van der Waals surface area contributed by atoms with Crippen molar-refractivity contribution in [3.05, 3.63) is 35.4 Å². The van der Waals surface area contributed by atoms with Gasteiger partial charge in [0.25, 0.3) is 0 Å². The molecule has 2 nitrogen and oxygen atoms in total. The minimum atomic E-state index is 0.536. The lowest BCUT2D eigenvalue weighted by atomic mass is 9.81. The van der Waals surface area contributed by atoms with E-state index in [-0.39, 0.29) is 0 Å². The maximum absolute atomic E-state index is 5.25. The summed E-state index contributed by atoms with van der Waals surface area (Å²) in [5, 5.41) is 3.85. The van der Waals surface area contributed by atoms with Crippen molar-refractivity contribution in [1.29, 1.82) is 0 Å². The quantitative estimate of drug-likeness (QED) is 0.845. The molecule has 3 rings (SSSR count). The van der Waals surface area contributed by atoms with Gasteiger partial charge in [-0.15, -0.1) is 0 Å². The molecule has 1 fully saturated rings. The van der Waals surface area contributed by atoms with Gasteiger partial charge < -0.3 is 10.1 Å². The van der Waals surface area contributed by atoms with Crippen molar-refractivity contribution >= 4 is 0 Å². The van der Waals surface area contributed by atoms with Gasteiger partial charge in [0, 0.05) is 26.3 Å². The van der Waals surface area contributed by atoms with Gasteiger partial charge >= 0.3 is 0 Å². The van der Waals surface area contributed by atoms with Crippen LogP contribution in [-0.2, 0) is 4.74 Å². The predicted octanol–water partition coefficient (Wildman–Crippen LogP) is 4.03. The molecule has 0 heterocycles. The first-order valence-corrected chi connectivity index (χ1v) is 8.05. The number of hydrogen-bond donors (Lipinski definition) is 1. The molecule has 0 radical (unpaired) electrons. The number of hydrogen-bond acceptors (Lipinski definition) is 2. The Labute approximate surface area is 122 Å². The second-order valence-corrected chi connectivity index (χ2v) is 6.78. The Morgan fingerprint density at radius 1 is 1.20 bits per heavy atom. The van der Waals surface area contributed by atoms with Crippen LogP contribution in [-0.4, -0.2) is 20.3 Å². The van der Waals surface area contributed by atoms with Gasteiger partial charge in [-0.1, -0.05) is 31.2 Å². The molecular formula is C18H27NO. The number of benzene rings is 1. The van der Waals surface area contributed by atoms with Crippen LogP contribution >= 0.6 is 0 Å². The fourth-order valence-corrected chi connectivity index (χ4v) is 3.57. The smallest absolute Gasteiger partial charge is 0.0468 e. The monoisotopic (exact) mass is 273 g/mol. The van der Waals surface area contributed by atoms with Crippen LogP contribution in [0.4, 0.5) is 0 Å². The van der Waals surface area contributed by atoms with Gasteiger partial charge in [0.05, 0.1) is 0 Å². The highest BCUT2D eigenvalue weighted by atomic mass is 16.5. The summed E-state index contributed by atoms with van der Waals surface area (Å²) in [5.41, 5.74) is 3.63. The Hall–Kier alpha value is -0.860. The first-order chi connectivity index (χ1) is 9.74. The topological polar surface area (TPSA) is 21.3 Å². The van der Waals surface area contributed by atoms with Crippen molar-refractivity contribution in [2.75, 3.05) is 20.3 Å². The van der Waals surface area contributed by atoms with Gasteiger partial charge in [-0.25, -0.2) is 0 Å². The van der Waals surface area contributed by atoms with E-state index in [0.29, 0.717) is 17.4 Å². The summed E-state index contributed by atoms with van der Waals surface area (Å²) >= 11 is 0. The molecule has 0 saturated heterocycles. The molecule has 2 unspecified atom stereocenters. The average Bonchev–Trinajstić information content (AvgIpc) is 3.25. The Balaban J connectivity index is 1.63. The maximum Gasteiger partial charge on any atom is 0.0468 e. The van der Waals surface area contributed by atoms with Crippen LogP contribution in [0, 0.1) is 5.41 Å². The van der Waals surface area contributed by atoms with Crippen LogP contribution in [0.15, 0.2) is 24.3 Å². The third-order valence-corrected chi connectivity index (χ3v) is 5.31. The minimum absolute atomic E-state index is 0.536. The Bertz CT molecular complexity index is 452. The Kier molecular flexibility index (Phi) is 4.13. The highest BCUT2D eigenvalue weighted by molar-refractivity contribution is 5.35. The summed E-state index contributed by atoms with van der Waals surface area (Å²) in [6.07, 6.45) is 6.53. The molecular weight excluding hydrogens is 246 g/mol. The fourth-order valence-electron chi connectivity index (χ4n) is 3.57. The van der Waals surface area contributed by atoms with Crippen molar-refractivity contribution < 1.29 is 4.74 Å². The summed E-state index contributed by atoms with van der Waals surface area (Å²) in [5.74, 6) is 0.715. The zero-order valence-electron chi connectivity index (χ0n) is 12.8. The van der Waals surface area contributed by atoms with Gasteiger partial charge in [0.15, 0.2) is 0 Å². The SMILES string of the molecule is COCCC1(CNC2CCC(C)c3ccccc32)CC1. The lowest BCUT2D eigenvalue weighted by molar-refractivity contribution is 0.169. The molecule has 20 heavy (non-hydrogen) atoms. The molecule has 0 aliphatic heterocycles. The van der Waals surface area contributed by atoms with E-state index in [2.05, 4.69) is 36.5 Å². The van der Waals surface area contributed by atoms with E-state index in [0.717, 1.165) is 13.2 Å². The number of fused-ring (bicyclic) bond motifs is 1. The lowest BCUT2D eigenvalue weighted by Crippen LogP contribution is -2.31. The van der Waals surface area contributed by atoms with Crippen molar-refractivity contribution in [3.8, 4) is 0 Å². The van der Waals surface area contributed by atoms with Gasteiger partial charge in [-0.3, -0.25) is 0 Å². The summed E-state index contributed by atoms with van der Waals surface area (Å²) < 4.78 is 5.25. The second-order valence-electron chi connectivity index (χ2n) is 6.78. The van der Waals surface area contributed by atoms with Crippen LogP contribution in [0.2, 0.25) is 0 Å². The van der Waals surface area contributed by atoms with Crippen LogP contribution in [0.1, 0.15) is 62.1 Å². The van der Waals surface area contributed by atoms with E-state index >= 15 is 0 Å². The molecule has 2 atom stereocenters. The standard InChI is InChI=1S/C18H27NO/c1-14-7-8-17(16-6-4-3-5-15(14)16)19-13-18(9-10-18)11-12-20-2/h3-6,14,17,19H,7-13H2,1-2H3. The van der Waals surface area contributed by atoms with E-state index in [1.54, 1.807) is 5.56 Å². The minimum Gasteiger partial charge on any atom is -0.385 e. The second kappa shape index (κ2) is 5.87. The van der Waals surface area contributed by atoms with Crippen LogP contribution < -0.4 is 5.32 Å². The number of nitrogens with one attached hydrogen (secondary N) is 1. The van der Waals surface area contributed by atoms with Crippen LogP contribution in [0.3, 0.4) is 0 Å². The first-order valence-electron chi connectivity index (χ1n) is 8.05. The van der Waals surface area contributed by atoms with Crippen LogP contribution in [0.5, 0.6) is 0 Å². The Morgan fingerprint density at radius 3 is 2.65 bits per heavy atom. The Morgan fingerprint density at radius 2 is 1.95 bits per heavy atom. The van der Waals surface area contributed by atoms with E-state index < -0.39 is 0 Å². The largest absolute Gasteiger partial charge is 0.385 e. The molecule has 1 saturated carbocycles. The zero-order valence-corrected chi connectivity index (χ0v) is 12.8. The first kappa shape index (κ1) is 14.1. The summed E-state index contributed by atoms with van der Waals surface area (Å²) in [6.45, 7) is 4.42. The molecule has 0 spiro atoms. The third-order valence-electron chi connectivity index (χ3n) is 5.31. The molecule has 1 aromatic rings. The summed E-state index contributed by atoms with van der Waals surface area (Å²) in [6, 6.07) is 9.55. The van der Waals surface area contributed by atoms with E-state index in [4.69, 9.17) is 4.74 Å².